The van der Waals surface area contributed by atoms with Crippen molar-refractivity contribution < 1.29 is 13.9 Å². The third kappa shape index (κ3) is 3.01. The van der Waals surface area contributed by atoms with Gasteiger partial charge in [-0.05, 0) is 12.6 Å². The Morgan fingerprint density at radius 3 is 2.38 bits per heavy atom. The first-order chi connectivity index (χ1) is 7.74. The average molecular weight is 227 g/mol. The minimum absolute atomic E-state index is 0.257. The lowest BCUT2D eigenvalue weighted by atomic mass is 10.1. The number of benzene rings is 1. The van der Waals surface area contributed by atoms with E-state index in [2.05, 4.69) is 5.32 Å². The van der Waals surface area contributed by atoms with Gasteiger partial charge in [0.15, 0.2) is 6.29 Å². The number of halogens is 1. The van der Waals surface area contributed by atoms with E-state index in [1.54, 1.807) is 32.4 Å². The van der Waals surface area contributed by atoms with E-state index in [0.717, 1.165) is 0 Å². The lowest BCUT2D eigenvalue weighted by Gasteiger charge is -2.26. The van der Waals surface area contributed by atoms with Crippen LogP contribution in [0.4, 0.5) is 4.39 Å². The molecular weight excluding hydrogens is 209 g/mol. The molecule has 0 fully saturated rings. The zero-order valence-corrected chi connectivity index (χ0v) is 9.87. The van der Waals surface area contributed by atoms with Crippen LogP contribution in [0.1, 0.15) is 18.5 Å². The second kappa shape index (κ2) is 6.58. The summed E-state index contributed by atoms with van der Waals surface area (Å²) in [7, 11) is 3.08. The van der Waals surface area contributed by atoms with Crippen LogP contribution in [0, 0.1) is 5.82 Å². The summed E-state index contributed by atoms with van der Waals surface area (Å²) in [6, 6.07) is 6.32. The van der Waals surface area contributed by atoms with Crippen molar-refractivity contribution in [1.82, 2.24) is 5.32 Å². The third-order valence-corrected chi connectivity index (χ3v) is 2.40. The van der Waals surface area contributed by atoms with Gasteiger partial charge in [-0.1, -0.05) is 25.1 Å². The van der Waals surface area contributed by atoms with E-state index in [1.165, 1.54) is 6.07 Å². The third-order valence-electron chi connectivity index (χ3n) is 2.40. The van der Waals surface area contributed by atoms with E-state index in [0.29, 0.717) is 12.1 Å². The van der Waals surface area contributed by atoms with E-state index >= 15 is 0 Å². The Morgan fingerprint density at radius 2 is 1.88 bits per heavy atom. The summed E-state index contributed by atoms with van der Waals surface area (Å²) in [5.41, 5.74) is 0.554. The Bertz CT molecular complexity index is 316. The maximum absolute atomic E-state index is 13.6. The highest BCUT2D eigenvalue weighted by Gasteiger charge is 2.24. The first-order valence-corrected chi connectivity index (χ1v) is 5.28. The lowest BCUT2D eigenvalue weighted by molar-refractivity contribution is -0.124. The smallest absolute Gasteiger partial charge is 0.176 e. The second-order valence-electron chi connectivity index (χ2n) is 3.40. The Hall–Kier alpha value is -0.970. The molecule has 1 N–H and O–H groups in total. The van der Waals surface area contributed by atoms with Crippen LogP contribution in [0.15, 0.2) is 24.3 Å². The minimum atomic E-state index is -0.503. The van der Waals surface area contributed by atoms with E-state index in [4.69, 9.17) is 9.47 Å². The van der Waals surface area contributed by atoms with Gasteiger partial charge in [0.25, 0.3) is 0 Å². The molecule has 0 spiro atoms. The molecule has 0 saturated carbocycles. The highest BCUT2D eigenvalue weighted by Crippen LogP contribution is 2.22. The fraction of sp³-hybridized carbons (Fsp3) is 0.500. The Labute approximate surface area is 95.6 Å². The molecule has 90 valence electrons. The number of hydrogen-bond donors (Lipinski definition) is 1. The van der Waals surface area contributed by atoms with Crippen LogP contribution in [0.25, 0.3) is 0 Å². The van der Waals surface area contributed by atoms with Crippen LogP contribution < -0.4 is 5.32 Å². The summed E-state index contributed by atoms with van der Waals surface area (Å²) in [6.07, 6.45) is -0.503. The maximum atomic E-state index is 13.6. The molecule has 0 radical (unpaired) electrons. The van der Waals surface area contributed by atoms with Crippen molar-refractivity contribution in [2.24, 2.45) is 0 Å². The number of methoxy groups -OCH3 is 2. The first-order valence-electron chi connectivity index (χ1n) is 5.28. The number of ether oxygens (including phenoxy) is 2. The molecule has 1 rings (SSSR count). The van der Waals surface area contributed by atoms with Crippen LogP contribution >= 0.6 is 0 Å². The molecule has 0 aliphatic heterocycles. The van der Waals surface area contributed by atoms with E-state index in [-0.39, 0.29) is 11.9 Å². The monoisotopic (exact) mass is 227 g/mol. The molecule has 4 heteroatoms. The molecule has 0 aromatic heterocycles. The van der Waals surface area contributed by atoms with Gasteiger partial charge in [0.1, 0.15) is 5.82 Å². The van der Waals surface area contributed by atoms with Crippen LogP contribution in [0.2, 0.25) is 0 Å². The molecule has 0 saturated heterocycles. The molecule has 1 atom stereocenters. The molecule has 0 aliphatic carbocycles. The number of hydrogen-bond acceptors (Lipinski definition) is 3. The van der Waals surface area contributed by atoms with Crippen molar-refractivity contribution >= 4 is 0 Å². The van der Waals surface area contributed by atoms with Crippen LogP contribution in [0.5, 0.6) is 0 Å². The van der Waals surface area contributed by atoms with E-state index in [9.17, 15) is 4.39 Å². The number of nitrogens with one attached hydrogen (secondary N) is 1. The van der Waals surface area contributed by atoms with Gasteiger partial charge < -0.3 is 14.8 Å². The molecule has 1 unspecified atom stereocenters. The van der Waals surface area contributed by atoms with Gasteiger partial charge in [0.05, 0.1) is 6.04 Å². The van der Waals surface area contributed by atoms with Crippen LogP contribution in [0.3, 0.4) is 0 Å². The molecule has 0 aliphatic rings. The summed E-state index contributed by atoms with van der Waals surface area (Å²) >= 11 is 0. The maximum Gasteiger partial charge on any atom is 0.176 e. The SMILES string of the molecule is CCNC(c1ccccc1F)C(OC)OC. The standard InChI is InChI=1S/C12H18FNO2/c1-4-14-11(12(15-2)16-3)9-7-5-6-8-10(9)13/h5-8,11-12,14H,4H2,1-3H3. The van der Waals surface area contributed by atoms with Gasteiger partial charge in [-0.2, -0.15) is 0 Å². The molecule has 1 aromatic carbocycles. The fourth-order valence-corrected chi connectivity index (χ4v) is 1.67. The van der Waals surface area contributed by atoms with Crippen LogP contribution in [-0.4, -0.2) is 27.1 Å². The minimum Gasteiger partial charge on any atom is -0.354 e. The summed E-state index contributed by atoms with van der Waals surface area (Å²) < 4.78 is 24.0. The van der Waals surface area contributed by atoms with Crippen molar-refractivity contribution in [1.29, 1.82) is 0 Å². The van der Waals surface area contributed by atoms with Crippen molar-refractivity contribution in [3.8, 4) is 0 Å². The molecule has 0 amide bonds. The predicted octanol–water partition coefficient (Wildman–Crippen LogP) is 2.10. The van der Waals surface area contributed by atoms with Gasteiger partial charge in [0.2, 0.25) is 0 Å². The molecule has 16 heavy (non-hydrogen) atoms. The summed E-state index contributed by atoms with van der Waals surface area (Å²) in [4.78, 5) is 0. The Morgan fingerprint density at radius 1 is 1.25 bits per heavy atom. The van der Waals surface area contributed by atoms with Crippen molar-refractivity contribution in [3.05, 3.63) is 35.6 Å². The first kappa shape index (κ1) is 13.1. The lowest BCUT2D eigenvalue weighted by Crippen LogP contribution is -2.35. The quantitative estimate of drug-likeness (QED) is 0.755. The fourth-order valence-electron chi connectivity index (χ4n) is 1.67. The zero-order valence-electron chi connectivity index (χ0n) is 9.87. The largest absolute Gasteiger partial charge is 0.354 e. The van der Waals surface area contributed by atoms with Gasteiger partial charge in [-0.25, -0.2) is 4.39 Å². The molecule has 0 bridgehead atoms. The van der Waals surface area contributed by atoms with Gasteiger partial charge in [0, 0.05) is 19.8 Å². The number of likely N-dealkylation sites (N-methyl/N-ethyl adjacent to an activating group) is 1. The average Bonchev–Trinajstić information content (AvgIpc) is 2.30. The number of rotatable bonds is 6. The highest BCUT2D eigenvalue weighted by molar-refractivity contribution is 5.21. The Balaban J connectivity index is 2.97. The summed E-state index contributed by atoms with van der Waals surface area (Å²) in [5.74, 6) is -0.257. The van der Waals surface area contributed by atoms with Crippen molar-refractivity contribution in [3.63, 3.8) is 0 Å². The van der Waals surface area contributed by atoms with Crippen LogP contribution in [-0.2, 0) is 9.47 Å². The molecule has 0 heterocycles. The van der Waals surface area contributed by atoms with E-state index < -0.39 is 6.29 Å². The van der Waals surface area contributed by atoms with Crippen molar-refractivity contribution in [2.75, 3.05) is 20.8 Å². The van der Waals surface area contributed by atoms with E-state index in [1.807, 2.05) is 6.92 Å². The normalized spacial score (nSPS) is 13.1. The van der Waals surface area contributed by atoms with Gasteiger partial charge >= 0.3 is 0 Å². The highest BCUT2D eigenvalue weighted by atomic mass is 19.1. The summed E-state index contributed by atoms with van der Waals surface area (Å²) in [6.45, 7) is 2.67. The molecule has 1 aromatic rings. The molecule has 3 nitrogen and oxygen atoms in total. The van der Waals surface area contributed by atoms with Gasteiger partial charge in [-0.15, -0.1) is 0 Å². The van der Waals surface area contributed by atoms with Gasteiger partial charge in [-0.3, -0.25) is 0 Å². The zero-order chi connectivity index (χ0) is 12.0. The van der Waals surface area contributed by atoms with Crippen molar-refractivity contribution in [2.45, 2.75) is 19.3 Å². The Kier molecular flexibility index (Phi) is 5.38. The second-order valence-corrected chi connectivity index (χ2v) is 3.40. The topological polar surface area (TPSA) is 30.5 Å². The summed E-state index contributed by atoms with van der Waals surface area (Å²) in [5, 5.41) is 3.15. The predicted molar refractivity (Wildman–Crippen MR) is 60.6 cm³/mol. The molecular formula is C12H18FNO2.